The Morgan fingerprint density at radius 2 is 1.60 bits per heavy atom. The summed E-state index contributed by atoms with van der Waals surface area (Å²) in [5.41, 5.74) is 15.8. The second kappa shape index (κ2) is 2.57. The van der Waals surface area contributed by atoms with Gasteiger partial charge in [0.2, 0.25) is 17.5 Å². The van der Waals surface area contributed by atoms with Crippen LogP contribution in [0.4, 0.5) is 11.4 Å². The van der Waals surface area contributed by atoms with Crippen LogP contribution in [0.5, 0.6) is 0 Å². The molecule has 2 rings (SSSR count). The molecule has 0 radical (unpaired) electrons. The highest BCUT2D eigenvalue weighted by Crippen LogP contribution is 2.35. The molecule has 0 saturated carbocycles. The second-order valence-corrected chi connectivity index (χ2v) is 3.20. The standard InChI is InChI=1S/C9H7N3O3/c10-3-1-2(9(12)15)4-6(11)5(3)8(14)7(4)13/h1H,10-11H2,(H2,12,15). The van der Waals surface area contributed by atoms with Gasteiger partial charge in [0.25, 0.3) is 0 Å². The number of fused-ring (bicyclic) bond motifs is 2. The first-order valence-corrected chi connectivity index (χ1v) is 4.06. The Balaban J connectivity index is 2.89. The Hall–Kier alpha value is -2.37. The van der Waals surface area contributed by atoms with Gasteiger partial charge in [0, 0.05) is 5.69 Å². The van der Waals surface area contributed by atoms with Crippen molar-refractivity contribution in [3.8, 4) is 0 Å². The van der Waals surface area contributed by atoms with Crippen molar-refractivity contribution >= 4 is 28.8 Å². The van der Waals surface area contributed by atoms with Gasteiger partial charge in [-0.15, -0.1) is 0 Å². The van der Waals surface area contributed by atoms with Crippen molar-refractivity contribution in [3.63, 3.8) is 0 Å². The molecule has 76 valence electrons. The molecule has 1 aromatic carbocycles. The van der Waals surface area contributed by atoms with Crippen molar-refractivity contribution in [2.45, 2.75) is 0 Å². The Bertz CT molecular complexity index is 534. The monoisotopic (exact) mass is 205 g/mol. The van der Waals surface area contributed by atoms with Crippen LogP contribution in [0.25, 0.3) is 0 Å². The smallest absolute Gasteiger partial charge is 0.249 e. The third-order valence-electron chi connectivity index (χ3n) is 2.32. The number of benzene rings is 1. The topological polar surface area (TPSA) is 129 Å². The molecule has 0 unspecified atom stereocenters. The highest BCUT2D eigenvalue weighted by Gasteiger charge is 2.37. The molecule has 0 atom stereocenters. The molecule has 15 heavy (non-hydrogen) atoms. The van der Waals surface area contributed by atoms with Gasteiger partial charge in [0.1, 0.15) is 0 Å². The van der Waals surface area contributed by atoms with Gasteiger partial charge >= 0.3 is 0 Å². The predicted octanol–water partition coefficient (Wildman–Crippen LogP) is -0.671. The lowest BCUT2D eigenvalue weighted by Gasteiger charge is -2.04. The summed E-state index contributed by atoms with van der Waals surface area (Å²) >= 11 is 0. The third-order valence-corrected chi connectivity index (χ3v) is 2.32. The fourth-order valence-corrected chi connectivity index (χ4v) is 1.64. The molecular formula is C9H7N3O3. The van der Waals surface area contributed by atoms with E-state index in [1.807, 2.05) is 0 Å². The number of Topliss-reactive ketones (excluding diaryl/α,β-unsaturated/α-hetero) is 2. The zero-order valence-electron chi connectivity index (χ0n) is 7.53. The van der Waals surface area contributed by atoms with E-state index < -0.39 is 17.5 Å². The molecule has 0 fully saturated rings. The van der Waals surface area contributed by atoms with Gasteiger partial charge in [-0.3, -0.25) is 14.4 Å². The summed E-state index contributed by atoms with van der Waals surface area (Å²) in [6.45, 7) is 0. The van der Waals surface area contributed by atoms with Crippen molar-refractivity contribution in [2.24, 2.45) is 5.73 Å². The van der Waals surface area contributed by atoms with Crippen molar-refractivity contribution in [1.82, 2.24) is 0 Å². The molecule has 1 aromatic rings. The maximum atomic E-state index is 11.4. The SMILES string of the molecule is NC(=O)c1cc(N)c2c(N)c1C(=O)C2=O. The fourth-order valence-electron chi connectivity index (χ4n) is 1.64. The Morgan fingerprint density at radius 3 is 2.13 bits per heavy atom. The van der Waals surface area contributed by atoms with Crippen LogP contribution in [0.3, 0.4) is 0 Å². The zero-order chi connectivity index (χ0) is 11.3. The number of carbonyl (C=O) groups excluding carboxylic acids is 3. The fraction of sp³-hybridized carbons (Fsp3) is 0. The van der Waals surface area contributed by atoms with Gasteiger partial charge in [0.05, 0.1) is 22.4 Å². The molecule has 1 amide bonds. The molecule has 0 heterocycles. The molecule has 6 nitrogen and oxygen atoms in total. The molecule has 6 heteroatoms. The molecule has 2 bridgehead atoms. The average molecular weight is 205 g/mol. The van der Waals surface area contributed by atoms with Crippen LogP contribution >= 0.6 is 0 Å². The summed E-state index contributed by atoms with van der Waals surface area (Å²) in [5, 5.41) is 0. The molecule has 0 aliphatic heterocycles. The Kier molecular flexibility index (Phi) is 1.57. The average Bonchev–Trinajstić information content (AvgIpc) is 2.28. The van der Waals surface area contributed by atoms with E-state index in [9.17, 15) is 14.4 Å². The van der Waals surface area contributed by atoms with Gasteiger partial charge in [-0.25, -0.2) is 0 Å². The predicted molar refractivity (Wildman–Crippen MR) is 52.4 cm³/mol. The number of rotatable bonds is 1. The zero-order valence-corrected chi connectivity index (χ0v) is 7.53. The largest absolute Gasteiger partial charge is 0.398 e. The van der Waals surface area contributed by atoms with Crippen molar-refractivity contribution < 1.29 is 14.4 Å². The number of hydrogen-bond acceptors (Lipinski definition) is 5. The quantitative estimate of drug-likeness (QED) is 0.413. The lowest BCUT2D eigenvalue weighted by atomic mass is 10.1. The molecule has 0 saturated heterocycles. The number of carbonyl (C=O) groups is 3. The van der Waals surface area contributed by atoms with E-state index in [0.29, 0.717) is 0 Å². The van der Waals surface area contributed by atoms with Gasteiger partial charge in [-0.05, 0) is 6.07 Å². The highest BCUT2D eigenvalue weighted by atomic mass is 16.2. The number of amides is 1. The third kappa shape index (κ3) is 0.954. The molecular weight excluding hydrogens is 198 g/mol. The van der Waals surface area contributed by atoms with Crippen molar-refractivity contribution in [2.75, 3.05) is 11.5 Å². The van der Waals surface area contributed by atoms with E-state index in [4.69, 9.17) is 17.2 Å². The minimum absolute atomic E-state index is 0.000833. The first-order chi connectivity index (χ1) is 6.95. The number of nitrogen functional groups attached to an aromatic ring is 2. The van der Waals surface area contributed by atoms with E-state index in [1.165, 1.54) is 6.07 Å². The van der Waals surface area contributed by atoms with Crippen LogP contribution in [0, 0.1) is 0 Å². The molecule has 0 spiro atoms. The van der Waals surface area contributed by atoms with Crippen LogP contribution in [0.1, 0.15) is 31.1 Å². The summed E-state index contributed by atoms with van der Waals surface area (Å²) < 4.78 is 0. The number of primary amides is 1. The van der Waals surface area contributed by atoms with Crippen LogP contribution in [0.15, 0.2) is 6.07 Å². The lowest BCUT2D eigenvalue weighted by Crippen LogP contribution is -2.16. The number of ketones is 2. The molecule has 6 N–H and O–H groups in total. The summed E-state index contributed by atoms with van der Waals surface area (Å²) in [6, 6.07) is 1.20. The van der Waals surface area contributed by atoms with Crippen molar-refractivity contribution in [3.05, 3.63) is 22.8 Å². The van der Waals surface area contributed by atoms with E-state index in [-0.39, 0.29) is 28.1 Å². The summed E-state index contributed by atoms with van der Waals surface area (Å²) in [4.78, 5) is 33.8. The van der Waals surface area contributed by atoms with Gasteiger partial charge in [-0.2, -0.15) is 0 Å². The van der Waals surface area contributed by atoms with Gasteiger partial charge < -0.3 is 17.2 Å². The van der Waals surface area contributed by atoms with Gasteiger partial charge in [-0.1, -0.05) is 0 Å². The maximum Gasteiger partial charge on any atom is 0.249 e. The summed E-state index contributed by atoms with van der Waals surface area (Å²) in [7, 11) is 0. The van der Waals surface area contributed by atoms with Crippen LogP contribution in [-0.2, 0) is 0 Å². The first kappa shape index (κ1) is 9.20. The van der Waals surface area contributed by atoms with Crippen LogP contribution in [0.2, 0.25) is 0 Å². The Labute approximate surface area is 84.0 Å². The number of anilines is 2. The van der Waals surface area contributed by atoms with Gasteiger partial charge in [0.15, 0.2) is 0 Å². The maximum absolute atomic E-state index is 11.4. The molecule has 0 aromatic heterocycles. The van der Waals surface area contributed by atoms with E-state index in [0.717, 1.165) is 0 Å². The van der Waals surface area contributed by atoms with E-state index in [2.05, 4.69) is 0 Å². The van der Waals surface area contributed by atoms with E-state index in [1.54, 1.807) is 0 Å². The van der Waals surface area contributed by atoms with E-state index >= 15 is 0 Å². The molecule has 1 aliphatic carbocycles. The van der Waals surface area contributed by atoms with Crippen LogP contribution in [-0.4, -0.2) is 17.5 Å². The minimum atomic E-state index is -0.835. The second-order valence-electron chi connectivity index (χ2n) is 3.20. The first-order valence-electron chi connectivity index (χ1n) is 4.06. The Morgan fingerprint density at radius 1 is 1.07 bits per heavy atom. The minimum Gasteiger partial charge on any atom is -0.398 e. The van der Waals surface area contributed by atoms with Crippen LogP contribution < -0.4 is 17.2 Å². The summed E-state index contributed by atoms with van der Waals surface area (Å²) in [6.07, 6.45) is 0. The normalized spacial score (nSPS) is 13.3. The highest BCUT2D eigenvalue weighted by molar-refractivity contribution is 6.57. The molecule has 1 aliphatic rings. The van der Waals surface area contributed by atoms with Crippen molar-refractivity contribution in [1.29, 1.82) is 0 Å². The number of nitrogens with two attached hydrogens (primary N) is 3. The number of hydrogen-bond donors (Lipinski definition) is 3. The lowest BCUT2D eigenvalue weighted by molar-refractivity contribution is 0.0824. The summed E-state index contributed by atoms with van der Waals surface area (Å²) in [5.74, 6) is -2.45.